The molecule has 18 heavy (non-hydrogen) atoms. The van der Waals surface area contributed by atoms with Crippen molar-refractivity contribution in [3.63, 3.8) is 0 Å². The third kappa shape index (κ3) is 3.77. The fraction of sp³-hybridized carbons (Fsp3) is 0.429. The quantitative estimate of drug-likeness (QED) is 0.804. The van der Waals surface area contributed by atoms with Gasteiger partial charge in [-0.05, 0) is 45.9 Å². The molecule has 0 saturated carbocycles. The number of hydrogen-bond acceptors (Lipinski definition) is 3. The minimum Gasteiger partial charge on any atom is -0.443 e. The maximum atomic E-state index is 12.0. The van der Waals surface area contributed by atoms with Crippen LogP contribution >= 0.6 is 0 Å². The Kier molecular flexibility index (Phi) is 4.33. The average molecular weight is 246 g/mol. The maximum Gasteiger partial charge on any atom is 0.414 e. The van der Waals surface area contributed by atoms with Crippen molar-refractivity contribution >= 4 is 11.8 Å². The van der Waals surface area contributed by atoms with Crippen molar-refractivity contribution in [3.8, 4) is 6.07 Å². The Labute approximate surface area is 108 Å². The molecule has 0 saturated heterocycles. The molecule has 0 bridgehead atoms. The molecule has 1 rings (SSSR count). The number of nitriles is 1. The molecule has 4 nitrogen and oxygen atoms in total. The highest BCUT2D eigenvalue weighted by Crippen LogP contribution is 2.19. The molecule has 0 spiro atoms. The van der Waals surface area contributed by atoms with Crippen LogP contribution in [-0.2, 0) is 4.74 Å². The first kappa shape index (κ1) is 14.0. The van der Waals surface area contributed by atoms with Gasteiger partial charge in [-0.2, -0.15) is 5.26 Å². The average Bonchev–Trinajstić information content (AvgIpc) is 2.28. The Morgan fingerprint density at radius 1 is 1.44 bits per heavy atom. The van der Waals surface area contributed by atoms with Crippen LogP contribution in [0.25, 0.3) is 0 Å². The van der Waals surface area contributed by atoms with Gasteiger partial charge in [0.25, 0.3) is 0 Å². The third-order valence-corrected chi connectivity index (χ3v) is 2.22. The van der Waals surface area contributed by atoms with Crippen LogP contribution in [0.1, 0.15) is 33.3 Å². The Bertz CT molecular complexity index is 469. The fourth-order valence-corrected chi connectivity index (χ4v) is 1.48. The smallest absolute Gasteiger partial charge is 0.414 e. The van der Waals surface area contributed by atoms with Crippen molar-refractivity contribution in [1.82, 2.24) is 0 Å². The second kappa shape index (κ2) is 5.54. The summed E-state index contributed by atoms with van der Waals surface area (Å²) in [4.78, 5) is 13.5. The van der Waals surface area contributed by atoms with Crippen molar-refractivity contribution < 1.29 is 9.53 Å². The highest BCUT2D eigenvalue weighted by molar-refractivity contribution is 5.88. The van der Waals surface area contributed by atoms with Gasteiger partial charge in [0.15, 0.2) is 0 Å². The molecule has 0 radical (unpaired) electrons. The van der Waals surface area contributed by atoms with Crippen LogP contribution in [-0.4, -0.2) is 18.2 Å². The Morgan fingerprint density at radius 2 is 2.11 bits per heavy atom. The van der Waals surface area contributed by atoms with Gasteiger partial charge >= 0.3 is 6.09 Å². The highest BCUT2D eigenvalue weighted by atomic mass is 16.6. The number of carbonyl (C=O) groups is 1. The largest absolute Gasteiger partial charge is 0.443 e. The normalized spacial score (nSPS) is 10.6. The van der Waals surface area contributed by atoms with E-state index in [0.717, 1.165) is 0 Å². The lowest BCUT2D eigenvalue weighted by Crippen LogP contribution is -2.36. The van der Waals surface area contributed by atoms with Crippen molar-refractivity contribution in [3.05, 3.63) is 29.8 Å². The summed E-state index contributed by atoms with van der Waals surface area (Å²) in [5.41, 5.74) is 0.664. The first-order valence-corrected chi connectivity index (χ1v) is 5.88. The van der Waals surface area contributed by atoms with Crippen molar-refractivity contribution in [2.45, 2.75) is 33.3 Å². The molecule has 0 aliphatic carbocycles. The Hall–Kier alpha value is -2.02. The molecule has 0 aliphatic heterocycles. The van der Waals surface area contributed by atoms with Crippen LogP contribution in [0.4, 0.5) is 10.5 Å². The van der Waals surface area contributed by atoms with E-state index in [0.29, 0.717) is 17.8 Å². The molecule has 1 aromatic carbocycles. The van der Waals surface area contributed by atoms with Crippen molar-refractivity contribution in [2.24, 2.45) is 0 Å². The molecule has 96 valence electrons. The minimum atomic E-state index is -0.530. The molecule has 0 N–H and O–H groups in total. The minimum absolute atomic E-state index is 0.403. The van der Waals surface area contributed by atoms with Crippen LogP contribution in [0.5, 0.6) is 0 Å². The van der Waals surface area contributed by atoms with Gasteiger partial charge in [0.05, 0.1) is 11.6 Å². The van der Waals surface area contributed by atoms with Gasteiger partial charge in [0, 0.05) is 12.2 Å². The first-order chi connectivity index (χ1) is 8.37. The van der Waals surface area contributed by atoms with Crippen LogP contribution in [0, 0.1) is 11.3 Å². The summed E-state index contributed by atoms with van der Waals surface area (Å²) in [6.07, 6.45) is -0.403. The number of ether oxygens (including phenoxy) is 1. The van der Waals surface area contributed by atoms with Gasteiger partial charge in [0.2, 0.25) is 0 Å². The summed E-state index contributed by atoms with van der Waals surface area (Å²) in [6.45, 7) is 7.83. The van der Waals surface area contributed by atoms with Crippen LogP contribution < -0.4 is 4.90 Å². The first-order valence-electron chi connectivity index (χ1n) is 5.88. The van der Waals surface area contributed by atoms with E-state index < -0.39 is 11.7 Å². The number of rotatable bonds is 2. The Balaban J connectivity index is 2.96. The summed E-state index contributed by atoms with van der Waals surface area (Å²) in [6, 6.07) is 8.97. The monoisotopic (exact) mass is 246 g/mol. The number of carbonyl (C=O) groups excluding carboxylic acids is 1. The molecule has 0 unspecified atom stereocenters. The van der Waals surface area contributed by atoms with E-state index in [9.17, 15) is 4.79 Å². The highest BCUT2D eigenvalue weighted by Gasteiger charge is 2.22. The predicted octanol–water partition coefficient (Wildman–Crippen LogP) is 3.32. The number of hydrogen-bond donors (Lipinski definition) is 0. The van der Waals surface area contributed by atoms with Gasteiger partial charge in [-0.15, -0.1) is 0 Å². The number of benzene rings is 1. The SMILES string of the molecule is CCN(C(=O)OC(C)(C)C)c1cccc(C#N)c1. The van der Waals surface area contributed by atoms with Crippen molar-refractivity contribution in [2.75, 3.05) is 11.4 Å². The van der Waals surface area contributed by atoms with Crippen LogP contribution in [0.15, 0.2) is 24.3 Å². The molecule has 1 aromatic rings. The van der Waals surface area contributed by atoms with E-state index in [-0.39, 0.29) is 0 Å². The molecular formula is C14H18N2O2. The molecule has 1 amide bonds. The molecule has 0 heterocycles. The van der Waals surface area contributed by atoms with Crippen LogP contribution in [0.3, 0.4) is 0 Å². The van der Waals surface area contributed by atoms with E-state index >= 15 is 0 Å². The topological polar surface area (TPSA) is 53.3 Å². The lowest BCUT2D eigenvalue weighted by molar-refractivity contribution is 0.0582. The van der Waals surface area contributed by atoms with Gasteiger partial charge in [-0.3, -0.25) is 4.90 Å². The zero-order valence-corrected chi connectivity index (χ0v) is 11.2. The van der Waals surface area contributed by atoms with Gasteiger partial charge in [0.1, 0.15) is 5.60 Å². The second-order valence-corrected chi connectivity index (χ2v) is 4.89. The summed E-state index contributed by atoms with van der Waals surface area (Å²) in [5.74, 6) is 0. The summed E-state index contributed by atoms with van der Waals surface area (Å²) in [5, 5.41) is 8.86. The Morgan fingerprint density at radius 3 is 2.61 bits per heavy atom. The zero-order chi connectivity index (χ0) is 13.8. The summed E-state index contributed by atoms with van der Waals surface area (Å²) >= 11 is 0. The van der Waals surface area contributed by atoms with Gasteiger partial charge in [-0.25, -0.2) is 4.79 Å². The molecule has 0 atom stereocenters. The number of nitrogens with zero attached hydrogens (tertiary/aromatic N) is 2. The maximum absolute atomic E-state index is 12.0. The lowest BCUT2D eigenvalue weighted by atomic mass is 10.2. The molecule has 0 fully saturated rings. The second-order valence-electron chi connectivity index (χ2n) is 4.89. The van der Waals surface area contributed by atoms with E-state index in [4.69, 9.17) is 10.00 Å². The predicted molar refractivity (Wildman–Crippen MR) is 70.4 cm³/mol. The standard InChI is InChI=1S/C14H18N2O2/c1-5-16(13(17)18-14(2,3)4)12-8-6-7-11(9-12)10-15/h6-9H,5H2,1-4H3. The number of anilines is 1. The van der Waals surface area contributed by atoms with E-state index in [1.807, 2.05) is 27.7 Å². The lowest BCUT2D eigenvalue weighted by Gasteiger charge is -2.26. The molecule has 0 aliphatic rings. The third-order valence-electron chi connectivity index (χ3n) is 2.22. The molecule has 4 heteroatoms. The van der Waals surface area contributed by atoms with E-state index in [2.05, 4.69) is 6.07 Å². The van der Waals surface area contributed by atoms with Gasteiger partial charge < -0.3 is 4.74 Å². The molecule has 0 aromatic heterocycles. The fourth-order valence-electron chi connectivity index (χ4n) is 1.48. The van der Waals surface area contributed by atoms with E-state index in [1.54, 1.807) is 24.3 Å². The van der Waals surface area contributed by atoms with Crippen molar-refractivity contribution in [1.29, 1.82) is 5.26 Å². The zero-order valence-electron chi connectivity index (χ0n) is 11.2. The van der Waals surface area contributed by atoms with Crippen LogP contribution in [0.2, 0.25) is 0 Å². The number of amides is 1. The van der Waals surface area contributed by atoms with E-state index in [1.165, 1.54) is 4.90 Å². The summed E-state index contributed by atoms with van der Waals surface area (Å²) in [7, 11) is 0. The molecular weight excluding hydrogens is 228 g/mol. The van der Waals surface area contributed by atoms with Gasteiger partial charge in [-0.1, -0.05) is 6.07 Å². The summed E-state index contributed by atoms with van der Waals surface area (Å²) < 4.78 is 5.32.